The van der Waals surface area contributed by atoms with Gasteiger partial charge >= 0.3 is 0 Å². The van der Waals surface area contributed by atoms with Gasteiger partial charge in [-0.15, -0.1) is 0 Å². The highest BCUT2D eigenvalue weighted by Crippen LogP contribution is 2.23. The first-order valence-corrected chi connectivity index (χ1v) is 9.96. The fourth-order valence-electron chi connectivity index (χ4n) is 2.29. The van der Waals surface area contributed by atoms with Crippen LogP contribution in [0.25, 0.3) is 0 Å². The van der Waals surface area contributed by atoms with Gasteiger partial charge in [0.15, 0.2) is 11.8 Å². The lowest BCUT2D eigenvalue weighted by atomic mass is 10.00. The summed E-state index contributed by atoms with van der Waals surface area (Å²) in [5.41, 5.74) is -0.0845. The largest absolute Gasteiger partial charge is 0.383 e. The van der Waals surface area contributed by atoms with Gasteiger partial charge in [-0.2, -0.15) is 16.3 Å². The molecular weight excluding hydrogens is 350 g/mol. The van der Waals surface area contributed by atoms with Crippen molar-refractivity contribution in [1.29, 1.82) is 0 Å². The quantitative estimate of drug-likeness (QED) is 0.352. The number of rotatable bonds is 9. The van der Waals surface area contributed by atoms with Crippen molar-refractivity contribution in [2.24, 2.45) is 4.99 Å². The van der Waals surface area contributed by atoms with Crippen molar-refractivity contribution < 1.29 is 9.63 Å². The third-order valence-electron chi connectivity index (χ3n) is 3.89. The molecule has 0 radical (unpaired) electrons. The zero-order valence-electron chi connectivity index (χ0n) is 16.0. The molecule has 0 aliphatic rings. The molecule has 26 heavy (non-hydrogen) atoms. The lowest BCUT2D eigenvalue weighted by molar-refractivity contribution is 0.0677. The average molecular weight is 380 g/mol. The smallest absolute Gasteiger partial charge is 0.226 e. The van der Waals surface area contributed by atoms with Crippen LogP contribution in [0, 0.1) is 0 Å². The zero-order chi connectivity index (χ0) is 19.0. The maximum absolute atomic E-state index is 10.6. The minimum atomic E-state index is -0.973. The van der Waals surface area contributed by atoms with E-state index in [4.69, 9.17) is 4.52 Å². The Hall–Kier alpha value is -1.93. The van der Waals surface area contributed by atoms with Crippen LogP contribution in [0.4, 0.5) is 0 Å². The highest BCUT2D eigenvalue weighted by Gasteiger charge is 2.23. The van der Waals surface area contributed by atoms with Gasteiger partial charge < -0.3 is 20.3 Å². The molecule has 0 aromatic carbocycles. The van der Waals surface area contributed by atoms with E-state index in [1.807, 2.05) is 37.6 Å². The summed E-state index contributed by atoms with van der Waals surface area (Å²) < 4.78 is 5.25. The molecule has 0 bridgehead atoms. The first kappa shape index (κ1) is 20.4. The van der Waals surface area contributed by atoms with E-state index >= 15 is 0 Å². The van der Waals surface area contributed by atoms with Crippen LogP contribution >= 0.6 is 11.3 Å². The zero-order valence-corrected chi connectivity index (χ0v) is 16.8. The van der Waals surface area contributed by atoms with Crippen LogP contribution in [0.3, 0.4) is 0 Å². The van der Waals surface area contributed by atoms with Crippen LogP contribution in [0.1, 0.15) is 57.3 Å². The van der Waals surface area contributed by atoms with Crippen molar-refractivity contribution in [2.45, 2.75) is 52.1 Å². The Morgan fingerprint density at radius 3 is 2.85 bits per heavy atom. The molecule has 7 nitrogen and oxygen atoms in total. The van der Waals surface area contributed by atoms with Crippen LogP contribution < -0.4 is 10.6 Å². The van der Waals surface area contributed by atoms with Crippen LogP contribution in [0.15, 0.2) is 26.3 Å². The summed E-state index contributed by atoms with van der Waals surface area (Å²) >= 11 is 1.57. The molecule has 0 saturated carbocycles. The van der Waals surface area contributed by atoms with Gasteiger partial charge in [-0.1, -0.05) is 19.0 Å². The topological polar surface area (TPSA) is 95.6 Å². The van der Waals surface area contributed by atoms with Gasteiger partial charge in [0.2, 0.25) is 5.89 Å². The molecule has 1 unspecified atom stereocenters. The van der Waals surface area contributed by atoms with Crippen molar-refractivity contribution in [3.63, 3.8) is 0 Å². The second-order valence-electron chi connectivity index (χ2n) is 6.71. The highest BCUT2D eigenvalue weighted by atomic mass is 32.1. The lowest BCUT2D eigenvalue weighted by Gasteiger charge is -2.21. The number of aromatic nitrogens is 2. The number of guanidine groups is 1. The normalized spacial score (nSPS) is 14.5. The van der Waals surface area contributed by atoms with Crippen LogP contribution in [-0.2, 0) is 12.0 Å². The van der Waals surface area contributed by atoms with Gasteiger partial charge in [0.05, 0.1) is 6.54 Å². The fraction of sp³-hybridized carbons (Fsp3) is 0.611. The molecule has 2 rings (SSSR count). The van der Waals surface area contributed by atoms with E-state index in [1.54, 1.807) is 18.3 Å². The minimum Gasteiger partial charge on any atom is -0.383 e. The average Bonchev–Trinajstić information content (AvgIpc) is 3.28. The molecule has 8 heteroatoms. The second kappa shape index (κ2) is 9.68. The third-order valence-corrected chi connectivity index (χ3v) is 4.58. The molecular formula is C18H29N5O2S. The maximum Gasteiger partial charge on any atom is 0.226 e. The highest BCUT2D eigenvalue weighted by molar-refractivity contribution is 7.08. The van der Waals surface area contributed by atoms with Crippen molar-refractivity contribution in [3.8, 4) is 0 Å². The summed E-state index contributed by atoms with van der Waals surface area (Å²) in [6.45, 7) is 9.66. The molecule has 144 valence electrons. The number of nitrogens with zero attached hydrogens (tertiary/aromatic N) is 3. The molecule has 0 fully saturated rings. The number of hydrogen-bond acceptors (Lipinski definition) is 6. The fourth-order valence-corrected chi connectivity index (χ4v) is 3.07. The molecule has 0 aliphatic carbocycles. The number of thiophene rings is 1. The Kier molecular flexibility index (Phi) is 7.59. The number of aryl methyl sites for hydroxylation is 1. The summed E-state index contributed by atoms with van der Waals surface area (Å²) in [5.74, 6) is 2.38. The molecule has 2 heterocycles. The standard InChI is InChI=1S/C18H29N5O2S/c1-5-19-17(21-12-18(4,24)14-8-10-26-11-14)20-9-6-7-15-22-16(13(2)3)23-25-15/h8,10-11,13,24H,5-7,9,12H2,1-4H3,(H2,19,20,21). The summed E-state index contributed by atoms with van der Waals surface area (Å²) in [6.07, 6.45) is 1.57. The number of nitrogens with one attached hydrogen (secondary N) is 2. The molecule has 2 aromatic heterocycles. The Morgan fingerprint density at radius 1 is 1.42 bits per heavy atom. The first-order valence-electron chi connectivity index (χ1n) is 9.02. The molecule has 0 saturated heterocycles. The minimum absolute atomic E-state index is 0.272. The van der Waals surface area contributed by atoms with E-state index < -0.39 is 5.60 Å². The first-order chi connectivity index (χ1) is 12.4. The van der Waals surface area contributed by atoms with E-state index in [1.165, 1.54) is 0 Å². The van der Waals surface area contributed by atoms with Crippen molar-refractivity contribution >= 4 is 17.3 Å². The molecule has 0 spiro atoms. The van der Waals surface area contributed by atoms with Gasteiger partial charge in [0.25, 0.3) is 0 Å². The monoisotopic (exact) mass is 379 g/mol. The third kappa shape index (κ3) is 6.10. The number of aliphatic imine (C=N–C) groups is 1. The van der Waals surface area contributed by atoms with Crippen LogP contribution in [0.2, 0.25) is 0 Å². The molecule has 0 aliphatic heterocycles. The molecule has 2 aromatic rings. The van der Waals surface area contributed by atoms with Gasteiger partial charge in [-0.3, -0.25) is 0 Å². The second-order valence-corrected chi connectivity index (χ2v) is 7.49. The van der Waals surface area contributed by atoms with Crippen LogP contribution in [-0.4, -0.2) is 40.8 Å². The number of aliphatic hydroxyl groups is 1. The van der Waals surface area contributed by atoms with Crippen molar-refractivity contribution in [1.82, 2.24) is 20.8 Å². The predicted molar refractivity (Wildman–Crippen MR) is 105 cm³/mol. The summed E-state index contributed by atoms with van der Waals surface area (Å²) in [6, 6.07) is 1.93. The van der Waals surface area contributed by atoms with Gasteiger partial charge in [-0.25, -0.2) is 4.99 Å². The van der Waals surface area contributed by atoms with E-state index in [2.05, 4.69) is 25.8 Å². The van der Waals surface area contributed by atoms with Gasteiger partial charge in [-0.05, 0) is 42.7 Å². The molecule has 3 N–H and O–H groups in total. The van der Waals surface area contributed by atoms with E-state index in [-0.39, 0.29) is 5.92 Å². The Balaban J connectivity index is 1.81. The lowest BCUT2D eigenvalue weighted by Crippen LogP contribution is -2.39. The molecule has 0 amide bonds. The summed E-state index contributed by atoms with van der Waals surface area (Å²) in [7, 11) is 0. The Bertz CT molecular complexity index is 680. The predicted octanol–water partition coefficient (Wildman–Crippen LogP) is 2.65. The van der Waals surface area contributed by atoms with E-state index in [0.29, 0.717) is 18.4 Å². The van der Waals surface area contributed by atoms with Crippen LogP contribution in [0.5, 0.6) is 0 Å². The van der Waals surface area contributed by atoms with E-state index in [0.717, 1.165) is 37.3 Å². The Labute approximate surface area is 158 Å². The number of hydrogen-bond donors (Lipinski definition) is 3. The molecule has 1 atom stereocenters. The summed E-state index contributed by atoms with van der Waals surface area (Å²) in [5, 5.41) is 24.9. The van der Waals surface area contributed by atoms with E-state index in [9.17, 15) is 5.11 Å². The van der Waals surface area contributed by atoms with Gasteiger partial charge in [0, 0.05) is 25.4 Å². The van der Waals surface area contributed by atoms with Crippen molar-refractivity contribution in [2.75, 3.05) is 19.6 Å². The van der Waals surface area contributed by atoms with Crippen molar-refractivity contribution in [3.05, 3.63) is 34.1 Å². The Morgan fingerprint density at radius 2 is 2.23 bits per heavy atom. The maximum atomic E-state index is 10.6. The SMILES string of the molecule is CCNC(=NCC(C)(O)c1ccsc1)NCCCc1nc(C(C)C)no1. The summed E-state index contributed by atoms with van der Waals surface area (Å²) in [4.78, 5) is 8.89. The van der Waals surface area contributed by atoms with Gasteiger partial charge in [0.1, 0.15) is 5.60 Å².